The number of benzene rings is 1. The fraction of sp³-hybridized carbons (Fsp3) is 0.300. The van der Waals surface area contributed by atoms with Crippen LogP contribution >= 0.6 is 0 Å². The van der Waals surface area contributed by atoms with E-state index in [2.05, 4.69) is 10.3 Å². The van der Waals surface area contributed by atoms with Crippen LogP contribution in [0, 0.1) is 0 Å². The molecular weight excluding hydrogens is 376 g/mol. The number of carbonyl (C=O) groups excluding carboxylic acids is 1. The zero-order chi connectivity index (χ0) is 19.6. The van der Waals surface area contributed by atoms with Crippen LogP contribution in [-0.4, -0.2) is 42.6 Å². The molecule has 0 spiro atoms. The minimum absolute atomic E-state index is 0.178. The molecule has 1 aromatic carbocycles. The average molecular weight is 398 g/mol. The number of pyridine rings is 1. The maximum Gasteiger partial charge on any atom is 0.251 e. The molecule has 1 amide bonds. The maximum atomic E-state index is 12.4. The van der Waals surface area contributed by atoms with Gasteiger partial charge in [-0.1, -0.05) is 6.07 Å². The van der Waals surface area contributed by atoms with Crippen LogP contribution in [0.1, 0.15) is 29.0 Å². The number of nitrogens with zero attached hydrogens (tertiary/aromatic N) is 3. The van der Waals surface area contributed by atoms with E-state index < -0.39 is 10.0 Å². The molecule has 0 bridgehead atoms. The Bertz CT molecular complexity index is 1090. The van der Waals surface area contributed by atoms with E-state index in [1.54, 1.807) is 24.3 Å². The van der Waals surface area contributed by atoms with Crippen LogP contribution in [0.15, 0.2) is 54.9 Å². The first kappa shape index (κ1) is 18.5. The van der Waals surface area contributed by atoms with Crippen molar-refractivity contribution in [2.24, 2.45) is 0 Å². The summed E-state index contributed by atoms with van der Waals surface area (Å²) in [5.41, 5.74) is 2.14. The predicted octanol–water partition coefficient (Wildman–Crippen LogP) is 2.24. The summed E-state index contributed by atoms with van der Waals surface area (Å²) in [7, 11) is -3.24. The van der Waals surface area contributed by atoms with E-state index in [0.29, 0.717) is 37.2 Å². The first-order valence-electron chi connectivity index (χ1n) is 9.34. The molecule has 0 saturated carbocycles. The van der Waals surface area contributed by atoms with Gasteiger partial charge in [-0.2, -0.15) is 0 Å². The highest BCUT2D eigenvalue weighted by Crippen LogP contribution is 2.23. The van der Waals surface area contributed by atoms with Gasteiger partial charge in [0.1, 0.15) is 5.82 Å². The molecule has 2 aromatic heterocycles. The fourth-order valence-corrected chi connectivity index (χ4v) is 5.07. The molecule has 0 unspecified atom stereocenters. The van der Waals surface area contributed by atoms with E-state index in [-0.39, 0.29) is 11.7 Å². The summed E-state index contributed by atoms with van der Waals surface area (Å²) >= 11 is 0. The molecular formula is C20H22N4O3S. The number of aromatic nitrogens is 2. The Morgan fingerprint density at radius 1 is 1.11 bits per heavy atom. The van der Waals surface area contributed by atoms with Crippen LogP contribution in [0.3, 0.4) is 0 Å². The molecule has 3 aromatic rings. The lowest BCUT2D eigenvalue weighted by molar-refractivity contribution is 0.0954. The Balaban J connectivity index is 1.37. The first-order valence-corrected chi connectivity index (χ1v) is 11.0. The topological polar surface area (TPSA) is 83.8 Å². The van der Waals surface area contributed by atoms with Crippen molar-refractivity contribution in [3.8, 4) is 0 Å². The molecule has 0 radical (unpaired) electrons. The Morgan fingerprint density at radius 2 is 1.93 bits per heavy atom. The molecule has 0 aliphatic carbocycles. The van der Waals surface area contributed by atoms with Crippen LogP contribution in [0.25, 0.3) is 5.52 Å². The van der Waals surface area contributed by atoms with Gasteiger partial charge >= 0.3 is 0 Å². The Hall–Kier alpha value is -2.87. The number of sulfonamides is 1. The number of fused-ring (bicyclic) bond motifs is 1. The summed E-state index contributed by atoms with van der Waals surface area (Å²) in [5.74, 6) is 0.882. The molecule has 1 aliphatic heterocycles. The zero-order valence-electron chi connectivity index (χ0n) is 15.4. The van der Waals surface area contributed by atoms with Gasteiger partial charge in [0, 0.05) is 31.3 Å². The summed E-state index contributed by atoms with van der Waals surface area (Å²) in [6, 6.07) is 12.6. The molecule has 4 rings (SSSR count). The van der Waals surface area contributed by atoms with Crippen LogP contribution in [0.4, 0.5) is 5.69 Å². The highest BCUT2D eigenvalue weighted by Gasteiger charge is 2.25. The van der Waals surface area contributed by atoms with Crippen molar-refractivity contribution in [2.75, 3.05) is 23.1 Å². The SMILES string of the molecule is O=C(NCCc1ncc2ccccn12)c1ccc(N2CCCCS2(=O)=O)cc1. The normalized spacial score (nSPS) is 16.2. The number of nitrogens with one attached hydrogen (secondary N) is 1. The smallest absolute Gasteiger partial charge is 0.251 e. The van der Waals surface area contributed by atoms with Crippen molar-refractivity contribution in [2.45, 2.75) is 19.3 Å². The lowest BCUT2D eigenvalue weighted by Gasteiger charge is -2.28. The minimum Gasteiger partial charge on any atom is -0.352 e. The van der Waals surface area contributed by atoms with Gasteiger partial charge in [-0.15, -0.1) is 0 Å². The van der Waals surface area contributed by atoms with Crippen molar-refractivity contribution >= 4 is 27.1 Å². The van der Waals surface area contributed by atoms with E-state index in [1.807, 2.05) is 35.0 Å². The van der Waals surface area contributed by atoms with Crippen LogP contribution < -0.4 is 9.62 Å². The van der Waals surface area contributed by atoms with Gasteiger partial charge in [0.2, 0.25) is 10.0 Å². The van der Waals surface area contributed by atoms with E-state index in [4.69, 9.17) is 0 Å². The van der Waals surface area contributed by atoms with E-state index >= 15 is 0 Å². The van der Waals surface area contributed by atoms with Crippen LogP contribution in [0.5, 0.6) is 0 Å². The van der Waals surface area contributed by atoms with Crippen molar-refractivity contribution in [3.05, 3.63) is 66.2 Å². The molecule has 1 saturated heterocycles. The summed E-state index contributed by atoms with van der Waals surface area (Å²) < 4.78 is 27.8. The van der Waals surface area contributed by atoms with Crippen molar-refractivity contribution in [3.63, 3.8) is 0 Å². The van der Waals surface area contributed by atoms with Crippen molar-refractivity contribution in [1.82, 2.24) is 14.7 Å². The molecule has 3 heterocycles. The second kappa shape index (κ2) is 7.63. The van der Waals surface area contributed by atoms with Gasteiger partial charge < -0.3 is 9.72 Å². The number of rotatable bonds is 5. The third kappa shape index (κ3) is 3.73. The van der Waals surface area contributed by atoms with E-state index in [9.17, 15) is 13.2 Å². The van der Waals surface area contributed by atoms with Crippen molar-refractivity contribution < 1.29 is 13.2 Å². The standard InChI is InChI=1S/C20H22N4O3S/c25-20(21-11-10-19-22-15-18-5-1-2-12-23(18)19)16-6-8-17(9-7-16)24-13-3-4-14-28(24,26)27/h1-2,5-9,12,15H,3-4,10-11,13-14H2,(H,21,25). The van der Waals surface area contributed by atoms with Gasteiger partial charge in [-0.25, -0.2) is 13.4 Å². The Labute approximate surface area is 164 Å². The van der Waals surface area contributed by atoms with E-state index in [1.165, 1.54) is 4.31 Å². The number of imidazole rings is 1. The largest absolute Gasteiger partial charge is 0.352 e. The average Bonchev–Trinajstić information content (AvgIpc) is 3.11. The Kier molecular flexibility index (Phi) is 5.04. The first-order chi connectivity index (χ1) is 13.5. The van der Waals surface area contributed by atoms with E-state index in [0.717, 1.165) is 17.8 Å². The second-order valence-electron chi connectivity index (χ2n) is 6.82. The predicted molar refractivity (Wildman–Crippen MR) is 108 cm³/mol. The molecule has 1 N–H and O–H groups in total. The number of amides is 1. The lowest BCUT2D eigenvalue weighted by Crippen LogP contribution is -2.37. The number of carbonyl (C=O) groups is 1. The van der Waals surface area contributed by atoms with Crippen LogP contribution in [-0.2, 0) is 16.4 Å². The number of anilines is 1. The van der Waals surface area contributed by atoms with Gasteiger partial charge in [-0.05, 0) is 49.2 Å². The highest BCUT2D eigenvalue weighted by atomic mass is 32.2. The molecule has 28 heavy (non-hydrogen) atoms. The number of hydrogen-bond donors (Lipinski definition) is 1. The highest BCUT2D eigenvalue weighted by molar-refractivity contribution is 7.92. The molecule has 146 valence electrons. The number of hydrogen-bond acceptors (Lipinski definition) is 4. The summed E-state index contributed by atoms with van der Waals surface area (Å²) in [4.78, 5) is 16.8. The third-order valence-electron chi connectivity index (χ3n) is 4.92. The van der Waals surface area contributed by atoms with Crippen molar-refractivity contribution in [1.29, 1.82) is 0 Å². The third-order valence-corrected chi connectivity index (χ3v) is 6.79. The van der Waals surface area contributed by atoms with Gasteiger partial charge in [0.05, 0.1) is 23.2 Å². The Morgan fingerprint density at radius 3 is 2.71 bits per heavy atom. The van der Waals surface area contributed by atoms with Crippen LogP contribution in [0.2, 0.25) is 0 Å². The molecule has 1 aliphatic rings. The summed E-state index contributed by atoms with van der Waals surface area (Å²) in [6.45, 7) is 0.960. The summed E-state index contributed by atoms with van der Waals surface area (Å²) in [5, 5.41) is 2.89. The summed E-state index contributed by atoms with van der Waals surface area (Å²) in [6.07, 6.45) is 5.93. The quantitative estimate of drug-likeness (QED) is 0.714. The lowest BCUT2D eigenvalue weighted by atomic mass is 10.2. The molecule has 7 nitrogen and oxygen atoms in total. The van der Waals surface area contributed by atoms with Gasteiger partial charge in [0.25, 0.3) is 5.91 Å². The van der Waals surface area contributed by atoms with Gasteiger partial charge in [0.15, 0.2) is 0 Å². The van der Waals surface area contributed by atoms with Gasteiger partial charge in [-0.3, -0.25) is 9.10 Å². The molecule has 1 fully saturated rings. The maximum absolute atomic E-state index is 12.4. The minimum atomic E-state index is -3.24. The second-order valence-corrected chi connectivity index (χ2v) is 8.83. The molecule has 0 atom stereocenters. The molecule has 8 heteroatoms. The zero-order valence-corrected chi connectivity index (χ0v) is 16.2. The monoisotopic (exact) mass is 398 g/mol. The fourth-order valence-electron chi connectivity index (χ4n) is 3.43.